The third-order valence-electron chi connectivity index (χ3n) is 4.25. The molecule has 0 bridgehead atoms. The molecule has 0 aliphatic carbocycles. The van der Waals surface area contributed by atoms with Crippen LogP contribution in [0.1, 0.15) is 20.8 Å². The molecule has 1 atom stereocenters. The number of carbonyl (C=O) groups is 2. The average Bonchev–Trinajstić information content (AvgIpc) is 2.76. The molecule has 1 amide bonds. The number of amides is 1. The summed E-state index contributed by atoms with van der Waals surface area (Å²) in [5.41, 5.74) is 0.461. The number of rotatable bonds is 11. The summed E-state index contributed by atoms with van der Waals surface area (Å²) >= 11 is 12.5. The van der Waals surface area contributed by atoms with Crippen molar-refractivity contribution in [2.24, 2.45) is 10.2 Å². The van der Waals surface area contributed by atoms with Crippen LogP contribution >= 0.6 is 23.2 Å². The molecular formula is C22H25Cl2N3O6. The summed E-state index contributed by atoms with van der Waals surface area (Å²) in [6, 6.07) is 4.80. The second-order valence-corrected chi connectivity index (χ2v) is 7.29. The van der Waals surface area contributed by atoms with Gasteiger partial charge in [0.05, 0.1) is 38.1 Å². The Kier molecular flexibility index (Phi) is 9.74. The van der Waals surface area contributed by atoms with Gasteiger partial charge in [-0.15, -0.1) is 0 Å². The van der Waals surface area contributed by atoms with Crippen molar-refractivity contribution in [3.8, 4) is 23.0 Å². The van der Waals surface area contributed by atoms with Crippen molar-refractivity contribution in [3.63, 3.8) is 0 Å². The average molecular weight is 498 g/mol. The molecule has 2 rings (SSSR count). The Balaban J connectivity index is 2.37. The first-order chi connectivity index (χ1) is 15.8. The fourth-order valence-corrected chi connectivity index (χ4v) is 3.38. The van der Waals surface area contributed by atoms with Crippen LogP contribution in [-0.2, 0) is 9.59 Å². The van der Waals surface area contributed by atoms with Crippen LogP contribution in [0, 0.1) is 0 Å². The number of benzene rings is 2. The fourth-order valence-electron chi connectivity index (χ4n) is 2.80. The van der Waals surface area contributed by atoms with Crippen LogP contribution < -0.4 is 24.3 Å². The Hall–Kier alpha value is -3.04. The third kappa shape index (κ3) is 6.49. The largest absolute Gasteiger partial charge is 0.495 e. The Morgan fingerprint density at radius 2 is 1.73 bits per heavy atom. The number of azo groups is 1. The molecule has 1 unspecified atom stereocenters. The van der Waals surface area contributed by atoms with E-state index >= 15 is 0 Å². The van der Waals surface area contributed by atoms with Gasteiger partial charge in [0.15, 0.2) is 17.3 Å². The number of ketones is 1. The maximum atomic E-state index is 12.9. The summed E-state index contributed by atoms with van der Waals surface area (Å²) in [6.45, 7) is 5.53. The summed E-state index contributed by atoms with van der Waals surface area (Å²) in [5, 5.41) is 11.0. The smallest absolute Gasteiger partial charge is 0.258 e. The van der Waals surface area contributed by atoms with Gasteiger partial charge >= 0.3 is 0 Å². The van der Waals surface area contributed by atoms with Crippen LogP contribution in [0.15, 0.2) is 34.5 Å². The number of Topliss-reactive ketones (excluding diaryl/α,β-unsaturated/α-hetero) is 1. The first-order valence-electron chi connectivity index (χ1n) is 9.99. The predicted octanol–water partition coefficient (Wildman–Crippen LogP) is 5.49. The lowest BCUT2D eigenvalue weighted by molar-refractivity contribution is -0.126. The highest BCUT2D eigenvalue weighted by atomic mass is 35.5. The molecule has 0 spiro atoms. The van der Waals surface area contributed by atoms with E-state index in [1.807, 2.05) is 6.92 Å². The zero-order valence-corrected chi connectivity index (χ0v) is 20.4. The molecule has 0 aliphatic rings. The van der Waals surface area contributed by atoms with E-state index in [-0.39, 0.29) is 32.9 Å². The maximum Gasteiger partial charge on any atom is 0.258 e. The van der Waals surface area contributed by atoms with E-state index in [1.54, 1.807) is 31.2 Å². The molecule has 1 N–H and O–H groups in total. The highest BCUT2D eigenvalue weighted by Gasteiger charge is 2.26. The first kappa shape index (κ1) is 26.2. The van der Waals surface area contributed by atoms with Crippen molar-refractivity contribution in [2.75, 3.05) is 32.8 Å². The molecule has 178 valence electrons. The van der Waals surface area contributed by atoms with E-state index in [4.69, 9.17) is 42.1 Å². The van der Waals surface area contributed by atoms with E-state index in [2.05, 4.69) is 15.5 Å². The van der Waals surface area contributed by atoms with Gasteiger partial charge in [-0.2, -0.15) is 10.2 Å². The number of ether oxygens (including phenoxy) is 4. The minimum absolute atomic E-state index is 0.184. The van der Waals surface area contributed by atoms with Crippen LogP contribution in [0.4, 0.5) is 11.4 Å². The van der Waals surface area contributed by atoms with Gasteiger partial charge < -0.3 is 24.3 Å². The maximum absolute atomic E-state index is 12.9. The molecule has 0 aromatic heterocycles. The Labute approximate surface area is 202 Å². The minimum Gasteiger partial charge on any atom is -0.495 e. The summed E-state index contributed by atoms with van der Waals surface area (Å²) in [6.07, 6.45) is 0. The summed E-state index contributed by atoms with van der Waals surface area (Å²) in [5.74, 6) is -0.00540. The number of hydrogen-bond donors (Lipinski definition) is 1. The van der Waals surface area contributed by atoms with Gasteiger partial charge in [0.2, 0.25) is 6.04 Å². The van der Waals surface area contributed by atoms with E-state index in [0.717, 1.165) is 0 Å². The Morgan fingerprint density at radius 3 is 2.30 bits per heavy atom. The lowest BCUT2D eigenvalue weighted by Gasteiger charge is -2.16. The monoisotopic (exact) mass is 497 g/mol. The van der Waals surface area contributed by atoms with Crippen molar-refractivity contribution in [3.05, 3.63) is 34.3 Å². The number of halogens is 2. The van der Waals surface area contributed by atoms with Crippen molar-refractivity contribution < 1.29 is 28.5 Å². The van der Waals surface area contributed by atoms with Crippen LogP contribution in [0.25, 0.3) is 0 Å². The van der Waals surface area contributed by atoms with Crippen LogP contribution in [0.2, 0.25) is 10.0 Å². The zero-order chi connectivity index (χ0) is 24.5. The Bertz CT molecular complexity index is 1050. The second-order valence-electron chi connectivity index (χ2n) is 6.50. The summed E-state index contributed by atoms with van der Waals surface area (Å²) in [4.78, 5) is 25.1. The van der Waals surface area contributed by atoms with Crippen molar-refractivity contribution >= 4 is 46.3 Å². The Morgan fingerprint density at radius 1 is 1.03 bits per heavy atom. The van der Waals surface area contributed by atoms with Crippen LogP contribution in [-0.4, -0.2) is 45.2 Å². The molecule has 33 heavy (non-hydrogen) atoms. The molecule has 0 heterocycles. The van der Waals surface area contributed by atoms with E-state index in [0.29, 0.717) is 24.7 Å². The fraction of sp³-hybridized carbons (Fsp3) is 0.364. The number of nitrogens with one attached hydrogen (secondary N) is 1. The summed E-state index contributed by atoms with van der Waals surface area (Å²) in [7, 11) is 2.86. The topological polar surface area (TPSA) is 108 Å². The molecular weight excluding hydrogens is 473 g/mol. The lowest BCUT2D eigenvalue weighted by atomic mass is 10.2. The molecule has 0 saturated heterocycles. The molecule has 0 fully saturated rings. The van der Waals surface area contributed by atoms with Gasteiger partial charge in [-0.1, -0.05) is 23.2 Å². The minimum atomic E-state index is -1.44. The van der Waals surface area contributed by atoms with Gasteiger partial charge in [0.1, 0.15) is 22.2 Å². The van der Waals surface area contributed by atoms with Crippen molar-refractivity contribution in [2.45, 2.75) is 26.8 Å². The molecule has 0 radical (unpaired) electrons. The van der Waals surface area contributed by atoms with E-state index < -0.39 is 17.7 Å². The van der Waals surface area contributed by atoms with Crippen molar-refractivity contribution in [1.82, 2.24) is 0 Å². The van der Waals surface area contributed by atoms with Gasteiger partial charge in [-0.3, -0.25) is 9.59 Å². The van der Waals surface area contributed by atoms with Gasteiger partial charge in [0, 0.05) is 12.1 Å². The van der Waals surface area contributed by atoms with E-state index in [1.165, 1.54) is 21.1 Å². The number of nitrogens with zero attached hydrogens (tertiary/aromatic N) is 2. The zero-order valence-electron chi connectivity index (χ0n) is 18.9. The number of anilines is 1. The summed E-state index contributed by atoms with van der Waals surface area (Å²) < 4.78 is 21.4. The molecule has 2 aromatic carbocycles. The second kappa shape index (κ2) is 12.3. The third-order valence-corrected chi connectivity index (χ3v) is 4.89. The van der Waals surface area contributed by atoms with E-state index in [9.17, 15) is 9.59 Å². The quantitative estimate of drug-likeness (QED) is 0.324. The predicted molar refractivity (Wildman–Crippen MR) is 126 cm³/mol. The van der Waals surface area contributed by atoms with Crippen molar-refractivity contribution in [1.29, 1.82) is 0 Å². The van der Waals surface area contributed by atoms with Crippen LogP contribution in [0.5, 0.6) is 23.0 Å². The first-order valence-corrected chi connectivity index (χ1v) is 10.7. The highest BCUT2D eigenvalue weighted by Crippen LogP contribution is 2.41. The number of hydrogen-bond acceptors (Lipinski definition) is 8. The normalized spacial score (nSPS) is 11.7. The molecule has 0 aliphatic heterocycles. The standard InChI is InChI=1S/C22H25Cl2N3O6/c1-6-32-13-10-14(23)20(33-7-2)16(11-13)25-22(29)19(12(3)28)27-26-15-8-9-17(30-4)18(24)21(15)31-5/h8-11,19H,6-7H2,1-5H3,(H,25,29). The lowest BCUT2D eigenvalue weighted by Crippen LogP contribution is -2.32. The molecule has 11 heteroatoms. The molecule has 9 nitrogen and oxygen atoms in total. The molecule has 2 aromatic rings. The number of methoxy groups -OCH3 is 2. The molecule has 0 saturated carbocycles. The number of carbonyl (C=O) groups excluding carboxylic acids is 2. The van der Waals surface area contributed by atoms with Gasteiger partial charge in [-0.05, 0) is 32.9 Å². The van der Waals surface area contributed by atoms with Crippen LogP contribution in [0.3, 0.4) is 0 Å². The SMILES string of the molecule is CCOc1cc(Cl)c(OCC)c(NC(=O)C(N=Nc2ccc(OC)c(Cl)c2OC)C(C)=O)c1. The van der Waals surface area contributed by atoms with Gasteiger partial charge in [0.25, 0.3) is 5.91 Å². The van der Waals surface area contributed by atoms with Gasteiger partial charge in [-0.25, -0.2) is 0 Å². The highest BCUT2D eigenvalue weighted by molar-refractivity contribution is 6.34.